The number of likely N-dealkylation sites (tertiary alicyclic amines) is 1. The molecule has 2 amide bonds. The molecule has 0 saturated carbocycles. The monoisotopic (exact) mass is 595 g/mol. The Bertz CT molecular complexity index is 1240. The topological polar surface area (TPSA) is 62.7 Å². The summed E-state index contributed by atoms with van der Waals surface area (Å²) in [6.45, 7) is 8.28. The van der Waals surface area contributed by atoms with E-state index in [0.717, 1.165) is 15.6 Å². The SMILES string of the molecule is Cc1csc2ccnc(N(C(=O)c3ccc(I)cc3F)[C@@H]3CCCN(C(=O)OC(C)(C)C)C3)c12. The number of hydrogen-bond donors (Lipinski definition) is 0. The first-order chi connectivity index (χ1) is 16.0. The number of nitrogens with zero attached hydrogens (tertiary/aromatic N) is 3. The molecule has 180 valence electrons. The van der Waals surface area contributed by atoms with Gasteiger partial charge in [0.1, 0.15) is 17.2 Å². The molecular formula is C25H27FIN3O3S. The summed E-state index contributed by atoms with van der Waals surface area (Å²) in [5.41, 5.74) is 0.371. The summed E-state index contributed by atoms with van der Waals surface area (Å²) in [4.78, 5) is 34.5. The van der Waals surface area contributed by atoms with Gasteiger partial charge in [0.15, 0.2) is 0 Å². The van der Waals surface area contributed by atoms with Crippen LogP contribution in [0.15, 0.2) is 35.8 Å². The van der Waals surface area contributed by atoms with Gasteiger partial charge in [-0.1, -0.05) is 0 Å². The van der Waals surface area contributed by atoms with E-state index in [-0.39, 0.29) is 18.2 Å². The third kappa shape index (κ3) is 5.19. The second kappa shape index (κ2) is 9.77. The Morgan fingerprint density at radius 1 is 1.29 bits per heavy atom. The predicted octanol–water partition coefficient (Wildman–Crippen LogP) is 6.39. The molecule has 2 aromatic heterocycles. The van der Waals surface area contributed by atoms with Crippen LogP contribution in [0.25, 0.3) is 10.1 Å². The molecule has 0 aliphatic carbocycles. The first-order valence-electron chi connectivity index (χ1n) is 11.1. The largest absolute Gasteiger partial charge is 0.444 e. The van der Waals surface area contributed by atoms with Crippen molar-refractivity contribution in [3.05, 3.63) is 56.4 Å². The highest BCUT2D eigenvalue weighted by molar-refractivity contribution is 14.1. The maximum Gasteiger partial charge on any atom is 0.410 e. The number of hydrogen-bond acceptors (Lipinski definition) is 5. The number of amides is 2. The van der Waals surface area contributed by atoms with Crippen LogP contribution in [0.2, 0.25) is 0 Å². The van der Waals surface area contributed by atoms with E-state index in [1.807, 2.05) is 61.7 Å². The summed E-state index contributed by atoms with van der Waals surface area (Å²) < 4.78 is 22.2. The van der Waals surface area contributed by atoms with Gasteiger partial charge < -0.3 is 9.64 Å². The molecular weight excluding hydrogens is 568 g/mol. The summed E-state index contributed by atoms with van der Waals surface area (Å²) in [5.74, 6) is -0.540. The average molecular weight is 595 g/mol. The fraction of sp³-hybridized carbons (Fsp3) is 0.400. The minimum atomic E-state index is -0.620. The van der Waals surface area contributed by atoms with Crippen LogP contribution in [0.5, 0.6) is 0 Å². The number of aromatic nitrogens is 1. The smallest absolute Gasteiger partial charge is 0.410 e. The predicted molar refractivity (Wildman–Crippen MR) is 141 cm³/mol. The molecule has 1 aliphatic rings. The van der Waals surface area contributed by atoms with Crippen LogP contribution in [0, 0.1) is 16.3 Å². The van der Waals surface area contributed by atoms with Crippen LogP contribution >= 0.6 is 33.9 Å². The second-order valence-corrected chi connectivity index (χ2v) is 11.6. The maximum absolute atomic E-state index is 14.9. The number of pyridine rings is 1. The standard InChI is InChI=1S/C25H27FIN3O3S/c1-15-14-34-20-9-10-28-22(21(15)20)30(23(31)18-8-7-16(27)12-19(18)26)17-6-5-11-29(13-17)24(32)33-25(2,3)4/h7-10,12,14,17H,5-6,11,13H2,1-4H3/t17-/m1/s1. The van der Waals surface area contributed by atoms with E-state index in [1.54, 1.807) is 33.4 Å². The number of aryl methyl sites for hydroxylation is 1. The van der Waals surface area contributed by atoms with Crippen molar-refractivity contribution in [2.75, 3.05) is 18.0 Å². The lowest BCUT2D eigenvalue weighted by molar-refractivity contribution is 0.0196. The van der Waals surface area contributed by atoms with Crippen molar-refractivity contribution in [1.82, 2.24) is 9.88 Å². The Morgan fingerprint density at radius 2 is 2.06 bits per heavy atom. The van der Waals surface area contributed by atoms with Crippen LogP contribution in [0.4, 0.5) is 15.0 Å². The Kier molecular flexibility index (Phi) is 7.14. The van der Waals surface area contributed by atoms with Crippen LogP contribution in [0.3, 0.4) is 0 Å². The maximum atomic E-state index is 14.9. The number of fused-ring (bicyclic) bond motifs is 1. The summed E-state index contributed by atoms with van der Waals surface area (Å²) >= 11 is 3.60. The van der Waals surface area contributed by atoms with Crippen molar-refractivity contribution >= 4 is 61.8 Å². The van der Waals surface area contributed by atoms with Gasteiger partial charge in [0, 0.05) is 32.9 Å². The van der Waals surface area contributed by atoms with Crippen molar-refractivity contribution in [2.24, 2.45) is 0 Å². The fourth-order valence-electron chi connectivity index (χ4n) is 4.18. The van der Waals surface area contributed by atoms with Crippen LogP contribution in [-0.4, -0.2) is 46.6 Å². The van der Waals surface area contributed by atoms with Crippen LogP contribution in [-0.2, 0) is 4.74 Å². The average Bonchev–Trinajstić information content (AvgIpc) is 3.14. The molecule has 1 aliphatic heterocycles. The summed E-state index contributed by atoms with van der Waals surface area (Å²) in [6.07, 6.45) is 2.62. The first kappa shape index (κ1) is 24.8. The van der Waals surface area contributed by atoms with E-state index >= 15 is 0 Å². The van der Waals surface area contributed by atoms with Gasteiger partial charge in [0.05, 0.1) is 11.6 Å². The number of piperidine rings is 1. The second-order valence-electron chi connectivity index (χ2n) is 9.45. The molecule has 1 saturated heterocycles. The summed E-state index contributed by atoms with van der Waals surface area (Å²) in [5, 5.41) is 2.90. The van der Waals surface area contributed by atoms with E-state index in [0.29, 0.717) is 28.8 Å². The van der Waals surface area contributed by atoms with E-state index in [4.69, 9.17) is 4.74 Å². The van der Waals surface area contributed by atoms with Gasteiger partial charge >= 0.3 is 6.09 Å². The molecule has 3 heterocycles. The third-order valence-corrected chi connectivity index (χ3v) is 7.41. The number of thiophene rings is 1. The Balaban J connectivity index is 1.77. The lowest BCUT2D eigenvalue weighted by Gasteiger charge is -2.39. The summed E-state index contributed by atoms with van der Waals surface area (Å²) in [6, 6.07) is 6.13. The van der Waals surface area contributed by atoms with E-state index in [2.05, 4.69) is 4.98 Å². The minimum Gasteiger partial charge on any atom is -0.444 e. The van der Waals surface area contributed by atoms with E-state index in [9.17, 15) is 14.0 Å². The van der Waals surface area contributed by atoms with Crippen LogP contribution < -0.4 is 4.90 Å². The van der Waals surface area contributed by atoms with E-state index < -0.39 is 23.4 Å². The van der Waals surface area contributed by atoms with Gasteiger partial charge in [0.25, 0.3) is 5.91 Å². The first-order valence-corrected chi connectivity index (χ1v) is 13.1. The number of benzene rings is 1. The van der Waals surface area contributed by atoms with Gasteiger partial charge in [0.2, 0.25) is 0 Å². The lowest BCUT2D eigenvalue weighted by atomic mass is 10.0. The van der Waals surface area contributed by atoms with Gasteiger partial charge in [-0.3, -0.25) is 9.69 Å². The quantitative estimate of drug-likeness (QED) is 0.329. The molecule has 0 bridgehead atoms. The number of halogens is 2. The fourth-order valence-corrected chi connectivity index (χ4v) is 5.57. The minimum absolute atomic E-state index is 0.0125. The number of carbonyl (C=O) groups excluding carboxylic acids is 2. The Labute approximate surface area is 216 Å². The van der Waals surface area contributed by atoms with Crippen molar-refractivity contribution in [3.8, 4) is 0 Å². The highest BCUT2D eigenvalue weighted by atomic mass is 127. The molecule has 1 aromatic carbocycles. The Morgan fingerprint density at radius 3 is 2.76 bits per heavy atom. The van der Waals surface area contributed by atoms with Crippen LogP contribution in [0.1, 0.15) is 49.5 Å². The molecule has 3 aromatic rings. The van der Waals surface area contributed by atoms with Crippen molar-refractivity contribution in [3.63, 3.8) is 0 Å². The zero-order valence-electron chi connectivity index (χ0n) is 19.6. The molecule has 34 heavy (non-hydrogen) atoms. The Hall–Kier alpha value is -2.27. The molecule has 4 rings (SSSR count). The molecule has 1 atom stereocenters. The molecule has 0 radical (unpaired) electrons. The van der Waals surface area contributed by atoms with Gasteiger partial charge in [-0.25, -0.2) is 14.2 Å². The third-order valence-electron chi connectivity index (χ3n) is 5.67. The molecule has 9 heteroatoms. The molecule has 0 unspecified atom stereocenters. The lowest BCUT2D eigenvalue weighted by Crippen LogP contribution is -2.53. The number of ether oxygens (including phenoxy) is 1. The number of anilines is 1. The highest BCUT2D eigenvalue weighted by Crippen LogP contribution is 2.35. The zero-order valence-corrected chi connectivity index (χ0v) is 22.6. The molecule has 0 spiro atoms. The van der Waals surface area contributed by atoms with Gasteiger partial charge in [-0.2, -0.15) is 0 Å². The zero-order chi connectivity index (χ0) is 24.6. The molecule has 1 fully saturated rings. The van der Waals surface area contributed by atoms with Gasteiger partial charge in [-0.15, -0.1) is 11.3 Å². The number of carbonyl (C=O) groups is 2. The normalized spacial score (nSPS) is 16.5. The number of rotatable bonds is 3. The summed E-state index contributed by atoms with van der Waals surface area (Å²) in [7, 11) is 0. The van der Waals surface area contributed by atoms with Crippen molar-refractivity contribution < 1.29 is 18.7 Å². The van der Waals surface area contributed by atoms with Crippen molar-refractivity contribution in [2.45, 2.75) is 52.2 Å². The highest BCUT2D eigenvalue weighted by Gasteiger charge is 2.36. The van der Waals surface area contributed by atoms with Gasteiger partial charge in [-0.05, 0) is 98.3 Å². The molecule has 6 nitrogen and oxygen atoms in total. The molecule has 0 N–H and O–H groups in total. The van der Waals surface area contributed by atoms with E-state index in [1.165, 1.54) is 12.1 Å². The van der Waals surface area contributed by atoms with Crippen molar-refractivity contribution in [1.29, 1.82) is 0 Å².